The maximum absolute atomic E-state index is 10.4. The molecule has 0 bridgehead atoms. The maximum atomic E-state index is 10.4. The van der Waals surface area contributed by atoms with E-state index in [1.165, 1.54) is 0 Å². The van der Waals surface area contributed by atoms with E-state index < -0.39 is 11.9 Å². The number of nitrogens with zero attached hydrogens (tertiary/aromatic N) is 2. The predicted octanol–water partition coefficient (Wildman–Crippen LogP) is 4.50. The molecule has 0 saturated carbocycles. The quantitative estimate of drug-likeness (QED) is 0.331. The summed E-state index contributed by atoms with van der Waals surface area (Å²) in [5.74, 6) is -1.69. The molecule has 0 fully saturated rings. The molecule has 0 spiro atoms. The van der Waals surface area contributed by atoms with E-state index in [0.29, 0.717) is 11.1 Å². The van der Waals surface area contributed by atoms with Crippen LogP contribution >= 0.6 is 0 Å². The molecule has 4 aromatic rings. The zero-order valence-corrected chi connectivity index (χ0v) is 24.7. The third kappa shape index (κ3) is 10.5. The minimum Gasteiger partial charge on any atom is -0.550 e. The van der Waals surface area contributed by atoms with E-state index in [4.69, 9.17) is 29.8 Å². The number of carboxylic acids is 2. The first-order valence-corrected chi connectivity index (χ1v) is 12.4. The number of phenols is 2. The number of hydrogen-bond donors (Lipinski definition) is 2. The van der Waals surface area contributed by atoms with Crippen molar-refractivity contribution in [1.82, 2.24) is 0 Å². The van der Waals surface area contributed by atoms with Crippen LogP contribution in [-0.2, 0) is 26.4 Å². The summed E-state index contributed by atoms with van der Waals surface area (Å²) in [7, 11) is 0. The van der Waals surface area contributed by atoms with Gasteiger partial charge in [-0.25, -0.2) is 0 Å². The van der Waals surface area contributed by atoms with Crippen LogP contribution in [0, 0.1) is 27.7 Å². The summed E-state index contributed by atoms with van der Waals surface area (Å²) in [5, 5.41) is 40.5. The van der Waals surface area contributed by atoms with Gasteiger partial charge in [0.05, 0.1) is 11.4 Å². The fraction of sp³-hybridized carbons (Fsp3) is 0.188. The van der Waals surface area contributed by atoms with Crippen molar-refractivity contribution in [3.05, 3.63) is 94.0 Å². The van der Waals surface area contributed by atoms with Crippen LogP contribution in [0.4, 0.5) is 11.4 Å². The molecule has 0 aliphatic heterocycles. The van der Waals surface area contributed by atoms with Crippen LogP contribution < -0.4 is 10.2 Å². The molecule has 2 N–H and O–H groups in total. The summed E-state index contributed by atoms with van der Waals surface area (Å²) in [6.45, 7) is 9.70. The average molecular weight is 600 g/mol. The minimum absolute atomic E-state index is 0. The van der Waals surface area contributed by atoms with Gasteiger partial charge in [0, 0.05) is 40.9 Å². The van der Waals surface area contributed by atoms with Gasteiger partial charge < -0.3 is 30.0 Å². The molecular weight excluding hydrogens is 567 g/mol. The van der Waals surface area contributed by atoms with E-state index in [2.05, 4.69) is 0 Å². The number of benzene rings is 4. The molecule has 215 valence electrons. The van der Waals surface area contributed by atoms with E-state index in [-0.39, 0.29) is 28.3 Å². The van der Waals surface area contributed by atoms with Gasteiger partial charge in [0.2, 0.25) is 0 Å². The van der Waals surface area contributed by atoms with Crippen LogP contribution in [0.5, 0.6) is 11.5 Å². The zero-order chi connectivity index (χ0) is 30.0. The standard InChI is InChI=1S/C28H26N2O2.2C2H4O2.Co/c1-17-11-19(3)27(31)22(13-17)15-29-24-9-5-7-21-8-6-10-25(26(21)24)30-16-23-14-18(2)12-20(4)28(23)32;2*1-2(3)4;/h5-16,31-32H,1-4H3;2*1H3,(H,3,4);/q;;;+2/p-2. The molecule has 8 nitrogen and oxygen atoms in total. The maximum Gasteiger partial charge on any atom is 2.00 e. The topological polar surface area (TPSA) is 145 Å². The van der Waals surface area contributed by atoms with Gasteiger partial charge in [-0.15, -0.1) is 0 Å². The van der Waals surface area contributed by atoms with Gasteiger partial charge in [-0.1, -0.05) is 36.4 Å². The van der Waals surface area contributed by atoms with Crippen molar-refractivity contribution in [1.29, 1.82) is 0 Å². The smallest absolute Gasteiger partial charge is 0.550 e. The van der Waals surface area contributed by atoms with Crippen LogP contribution in [0.15, 0.2) is 70.6 Å². The number of carbonyl (C=O) groups excluding carboxylic acids is 2. The fourth-order valence-electron chi connectivity index (χ4n) is 3.98. The number of phenolic OH excluding ortho intramolecular Hbond substituents is 2. The molecule has 0 saturated heterocycles. The second-order valence-corrected chi connectivity index (χ2v) is 9.19. The number of carbonyl (C=O) groups is 2. The van der Waals surface area contributed by atoms with Gasteiger partial charge in [-0.05, 0) is 93.4 Å². The molecule has 0 aliphatic rings. The number of fused-ring (bicyclic) bond motifs is 1. The number of aromatic hydroxyl groups is 2. The number of aliphatic carboxylic acids is 2. The van der Waals surface area contributed by atoms with E-state index in [9.17, 15) is 10.2 Å². The number of hydrogen-bond acceptors (Lipinski definition) is 8. The fourth-order valence-corrected chi connectivity index (χ4v) is 3.98. The van der Waals surface area contributed by atoms with Gasteiger partial charge in [0.15, 0.2) is 0 Å². The van der Waals surface area contributed by atoms with Gasteiger partial charge >= 0.3 is 16.8 Å². The molecule has 9 heteroatoms. The largest absolute Gasteiger partial charge is 2.00 e. The van der Waals surface area contributed by atoms with Crippen molar-refractivity contribution in [2.24, 2.45) is 9.98 Å². The summed E-state index contributed by atoms with van der Waals surface area (Å²) in [6, 6.07) is 19.6. The second-order valence-electron chi connectivity index (χ2n) is 9.19. The normalized spacial score (nSPS) is 10.4. The third-order valence-electron chi connectivity index (χ3n) is 5.49. The Balaban J connectivity index is 0.000000830. The number of aliphatic imine (C=N–C) groups is 2. The number of rotatable bonds is 4. The van der Waals surface area contributed by atoms with Gasteiger partial charge in [0.1, 0.15) is 11.5 Å². The van der Waals surface area contributed by atoms with Crippen LogP contribution in [0.1, 0.15) is 47.2 Å². The van der Waals surface area contributed by atoms with Gasteiger partial charge in [0.25, 0.3) is 0 Å². The molecule has 41 heavy (non-hydrogen) atoms. The Morgan fingerprint density at radius 1 is 0.683 bits per heavy atom. The molecule has 4 rings (SSSR count). The zero-order valence-electron chi connectivity index (χ0n) is 23.7. The average Bonchev–Trinajstić information content (AvgIpc) is 2.85. The molecule has 0 heterocycles. The van der Waals surface area contributed by atoms with Crippen molar-refractivity contribution in [3.8, 4) is 11.5 Å². The van der Waals surface area contributed by atoms with Crippen LogP contribution in [-0.4, -0.2) is 34.6 Å². The Labute approximate surface area is 249 Å². The molecule has 0 unspecified atom stereocenters. The van der Waals surface area contributed by atoms with E-state index >= 15 is 0 Å². The third-order valence-corrected chi connectivity index (χ3v) is 5.49. The summed E-state index contributed by atoms with van der Waals surface area (Å²) in [4.78, 5) is 27.2. The SMILES string of the molecule is CC(=O)[O-].CC(=O)[O-].Cc1cc(C)c(O)c(C=Nc2cccc3cccc(N=Cc4cc(C)cc(C)c4O)c23)c1.[Co+2]. The molecule has 0 atom stereocenters. The molecule has 0 aromatic heterocycles. The summed E-state index contributed by atoms with van der Waals surface area (Å²) >= 11 is 0. The van der Waals surface area contributed by atoms with Crippen molar-refractivity contribution in [2.75, 3.05) is 0 Å². The number of carboxylic acid groups (broad SMARTS) is 2. The Bertz CT molecular complexity index is 1470. The Hall–Kier alpha value is -4.47. The van der Waals surface area contributed by atoms with Crippen molar-refractivity contribution < 1.29 is 46.8 Å². The monoisotopic (exact) mass is 599 g/mol. The van der Waals surface area contributed by atoms with E-state index in [1.54, 1.807) is 12.4 Å². The van der Waals surface area contributed by atoms with Crippen molar-refractivity contribution in [3.63, 3.8) is 0 Å². The van der Waals surface area contributed by atoms with Crippen molar-refractivity contribution >= 4 is 46.5 Å². The molecule has 1 radical (unpaired) electrons. The molecule has 0 amide bonds. The van der Waals surface area contributed by atoms with Crippen LogP contribution in [0.3, 0.4) is 0 Å². The summed E-state index contributed by atoms with van der Waals surface area (Å²) < 4.78 is 0. The predicted molar refractivity (Wildman–Crippen MR) is 155 cm³/mol. The van der Waals surface area contributed by atoms with Crippen LogP contribution in [0.2, 0.25) is 0 Å². The first-order valence-electron chi connectivity index (χ1n) is 12.4. The van der Waals surface area contributed by atoms with Crippen molar-refractivity contribution in [2.45, 2.75) is 41.5 Å². The van der Waals surface area contributed by atoms with E-state index in [1.807, 2.05) is 88.4 Å². The summed E-state index contributed by atoms with van der Waals surface area (Å²) in [6.07, 6.45) is 3.39. The Morgan fingerprint density at radius 3 is 1.37 bits per heavy atom. The van der Waals surface area contributed by atoms with Gasteiger partial charge in [-0.3, -0.25) is 9.98 Å². The second kappa shape index (κ2) is 16.0. The first kappa shape index (κ1) is 34.6. The molecule has 4 aromatic carbocycles. The molecular formula is C32H32CoN2O6. The molecule has 0 aliphatic carbocycles. The first-order chi connectivity index (χ1) is 18.8. The van der Waals surface area contributed by atoms with Gasteiger partial charge in [-0.2, -0.15) is 0 Å². The minimum atomic E-state index is -1.08. The number of aryl methyl sites for hydroxylation is 4. The Kier molecular flexibility index (Phi) is 13.4. The Morgan fingerprint density at radius 2 is 1.02 bits per heavy atom. The van der Waals surface area contributed by atoms with Crippen LogP contribution in [0.25, 0.3) is 10.8 Å². The summed E-state index contributed by atoms with van der Waals surface area (Å²) in [5.41, 5.74) is 6.67. The van der Waals surface area contributed by atoms with E-state index in [0.717, 1.165) is 58.2 Å².